The van der Waals surface area contributed by atoms with Crippen LogP contribution >= 0.6 is 0 Å². The van der Waals surface area contributed by atoms with Crippen LogP contribution in [0.2, 0.25) is 0 Å². The van der Waals surface area contributed by atoms with Gasteiger partial charge < -0.3 is 5.21 Å². The zero-order chi connectivity index (χ0) is 18.9. The summed E-state index contributed by atoms with van der Waals surface area (Å²) in [6.07, 6.45) is 1.92. The molecule has 0 N–H and O–H groups in total. The fourth-order valence-corrected chi connectivity index (χ4v) is 3.97. The first-order valence-electron chi connectivity index (χ1n) is 8.94. The molecule has 2 heterocycles. The van der Waals surface area contributed by atoms with Crippen LogP contribution in [-0.4, -0.2) is 20.5 Å². The highest BCUT2D eigenvalue weighted by atomic mass is 19.1. The van der Waals surface area contributed by atoms with E-state index in [4.69, 9.17) is 0 Å². The molecule has 6 nitrogen and oxygen atoms in total. The number of halogens is 1. The molecular weight excluding hydrogens is 347 g/mol. The lowest BCUT2D eigenvalue weighted by Crippen LogP contribution is -2.40. The Bertz CT molecular complexity index is 1120. The van der Waals surface area contributed by atoms with Gasteiger partial charge in [-0.2, -0.15) is 4.39 Å². The molecule has 2 unspecified atom stereocenters. The number of aryl methyl sites for hydroxylation is 1. The molecule has 0 amide bonds. The molecular formula is C20H17FN4O2. The van der Waals surface area contributed by atoms with Gasteiger partial charge in [-0.3, -0.25) is 4.79 Å². The van der Waals surface area contributed by atoms with Crippen LogP contribution < -0.4 is 4.96 Å². The first-order valence-corrected chi connectivity index (χ1v) is 8.94. The number of benzene rings is 1. The van der Waals surface area contributed by atoms with Gasteiger partial charge in [0.15, 0.2) is 11.5 Å². The van der Waals surface area contributed by atoms with Crippen molar-refractivity contribution in [3.63, 3.8) is 0 Å². The average molecular weight is 364 g/mol. The van der Waals surface area contributed by atoms with Crippen LogP contribution in [0.25, 0.3) is 16.9 Å². The monoisotopic (exact) mass is 364 g/mol. The number of carbonyl (C=O) groups excluding carboxylic acids is 1. The smallest absolute Gasteiger partial charge is 0.243 e. The topological polar surface area (TPSA) is 74.7 Å². The average Bonchev–Trinajstić information content (AvgIpc) is 3.37. The van der Waals surface area contributed by atoms with Crippen molar-refractivity contribution >= 4 is 5.78 Å². The summed E-state index contributed by atoms with van der Waals surface area (Å²) >= 11 is 0. The van der Waals surface area contributed by atoms with Gasteiger partial charge in [0.05, 0.1) is 5.69 Å². The van der Waals surface area contributed by atoms with Gasteiger partial charge in [0, 0.05) is 27.1 Å². The molecule has 0 radical (unpaired) electrons. The highest BCUT2D eigenvalue weighted by Gasteiger charge is 2.47. The predicted octanol–water partition coefficient (Wildman–Crippen LogP) is 2.70. The Morgan fingerprint density at radius 2 is 2.07 bits per heavy atom. The van der Waals surface area contributed by atoms with Crippen LogP contribution in [-0.2, 0) is 6.42 Å². The zero-order valence-corrected chi connectivity index (χ0v) is 14.9. The number of aromatic nitrogens is 4. The standard InChI is InChI=1S/C20H17FN4O2/c1-10-11(2)24(25(27)23-10)18-6-5-17(22-20(18)21)13-4-3-12-7-14-9-16(14)19(26)15(12)8-13/h3-6,8,14,16H,7,9H2,1-2H3. The van der Waals surface area contributed by atoms with Crippen molar-refractivity contribution in [2.75, 3.05) is 0 Å². The molecule has 27 heavy (non-hydrogen) atoms. The molecule has 5 rings (SSSR count). The maximum absolute atomic E-state index is 14.7. The fraction of sp³-hybridized carbons (Fsp3) is 0.300. The summed E-state index contributed by atoms with van der Waals surface area (Å²) in [6.45, 7) is 3.39. The number of pyridine rings is 1. The van der Waals surface area contributed by atoms with Crippen molar-refractivity contribution in [1.82, 2.24) is 14.8 Å². The van der Waals surface area contributed by atoms with Gasteiger partial charge in [-0.1, -0.05) is 16.8 Å². The second kappa shape index (κ2) is 5.45. The number of rotatable bonds is 2. The Hall–Kier alpha value is -3.09. The van der Waals surface area contributed by atoms with Crippen LogP contribution in [0.1, 0.15) is 33.7 Å². The molecule has 1 fully saturated rings. The van der Waals surface area contributed by atoms with E-state index in [0.717, 1.165) is 28.7 Å². The van der Waals surface area contributed by atoms with Crippen molar-refractivity contribution in [3.05, 3.63) is 64.0 Å². The Morgan fingerprint density at radius 1 is 1.26 bits per heavy atom. The number of ketones is 1. The zero-order valence-electron chi connectivity index (χ0n) is 14.9. The van der Waals surface area contributed by atoms with E-state index in [1.807, 2.05) is 18.2 Å². The van der Waals surface area contributed by atoms with Crippen molar-refractivity contribution in [3.8, 4) is 16.9 Å². The minimum atomic E-state index is -0.760. The van der Waals surface area contributed by atoms with Gasteiger partial charge in [-0.25, -0.2) is 4.98 Å². The minimum absolute atomic E-state index is 0.0432. The first kappa shape index (κ1) is 16.1. The molecule has 1 aromatic carbocycles. The van der Waals surface area contributed by atoms with Crippen LogP contribution in [0.15, 0.2) is 30.3 Å². The van der Waals surface area contributed by atoms with E-state index in [1.165, 1.54) is 6.07 Å². The molecule has 0 bridgehead atoms. The van der Waals surface area contributed by atoms with Gasteiger partial charge in [0.2, 0.25) is 5.95 Å². The summed E-state index contributed by atoms with van der Waals surface area (Å²) in [5.41, 5.74) is 4.04. The van der Waals surface area contributed by atoms with E-state index in [1.54, 1.807) is 19.9 Å². The SMILES string of the molecule is Cc1n[n+]([O-])n(-c2ccc(-c3ccc4c(c3)C(=O)C3CC3C4)nc2F)c1C. The summed E-state index contributed by atoms with van der Waals surface area (Å²) in [5, 5.41) is 15.7. The van der Waals surface area contributed by atoms with Crippen molar-refractivity contribution in [1.29, 1.82) is 0 Å². The van der Waals surface area contributed by atoms with E-state index in [2.05, 4.69) is 10.1 Å². The van der Waals surface area contributed by atoms with Crippen molar-refractivity contribution in [2.24, 2.45) is 11.8 Å². The minimum Gasteiger partial charge on any atom is -0.571 e. The molecule has 1 saturated carbocycles. The van der Waals surface area contributed by atoms with Gasteiger partial charge >= 0.3 is 0 Å². The maximum atomic E-state index is 14.7. The summed E-state index contributed by atoms with van der Waals surface area (Å²) in [5.74, 6) is 0.104. The molecule has 2 atom stereocenters. The van der Waals surface area contributed by atoms with E-state index in [0.29, 0.717) is 33.5 Å². The maximum Gasteiger partial charge on any atom is 0.243 e. The van der Waals surface area contributed by atoms with Gasteiger partial charge in [0.1, 0.15) is 11.4 Å². The van der Waals surface area contributed by atoms with Crippen molar-refractivity contribution < 1.29 is 14.1 Å². The lowest BCUT2D eigenvalue weighted by Gasteiger charge is -2.15. The van der Waals surface area contributed by atoms with Gasteiger partial charge in [-0.05, 0) is 56.4 Å². The third-order valence-corrected chi connectivity index (χ3v) is 5.72. The van der Waals surface area contributed by atoms with E-state index in [-0.39, 0.29) is 17.4 Å². The van der Waals surface area contributed by atoms with Crippen LogP contribution in [0.5, 0.6) is 0 Å². The van der Waals surface area contributed by atoms with Crippen molar-refractivity contribution in [2.45, 2.75) is 26.7 Å². The normalized spacial score (nSPS) is 20.3. The van der Waals surface area contributed by atoms with Crippen LogP contribution in [0, 0.1) is 36.8 Å². The molecule has 2 aliphatic rings. The third kappa shape index (κ3) is 2.38. The lowest BCUT2D eigenvalue weighted by atomic mass is 9.89. The summed E-state index contributed by atoms with van der Waals surface area (Å²) < 4.78 is 15.8. The number of hydrogen-bond donors (Lipinski definition) is 0. The molecule has 3 aromatic rings. The Morgan fingerprint density at radius 3 is 2.78 bits per heavy atom. The third-order valence-electron chi connectivity index (χ3n) is 5.72. The second-order valence-corrected chi connectivity index (χ2v) is 7.38. The summed E-state index contributed by atoms with van der Waals surface area (Å²) in [4.78, 5) is 16.9. The number of nitrogens with zero attached hydrogens (tertiary/aromatic N) is 4. The second-order valence-electron chi connectivity index (χ2n) is 7.38. The molecule has 7 heteroatoms. The summed E-state index contributed by atoms with van der Waals surface area (Å²) in [7, 11) is 0. The molecule has 2 aliphatic carbocycles. The van der Waals surface area contributed by atoms with Gasteiger partial charge in [-0.15, -0.1) is 0 Å². The lowest BCUT2D eigenvalue weighted by molar-refractivity contribution is -0.740. The number of hydrogen-bond acceptors (Lipinski definition) is 4. The fourth-order valence-electron chi connectivity index (χ4n) is 3.97. The Balaban J connectivity index is 1.56. The quantitative estimate of drug-likeness (QED) is 0.398. The number of fused-ring (bicyclic) bond motifs is 2. The van der Waals surface area contributed by atoms with Crippen LogP contribution in [0.3, 0.4) is 0 Å². The largest absolute Gasteiger partial charge is 0.571 e. The van der Waals surface area contributed by atoms with E-state index >= 15 is 0 Å². The van der Waals surface area contributed by atoms with Gasteiger partial charge in [0.25, 0.3) is 0 Å². The molecule has 0 spiro atoms. The Labute approximate surface area is 154 Å². The molecule has 2 aromatic heterocycles. The van der Waals surface area contributed by atoms with E-state index < -0.39 is 5.95 Å². The highest BCUT2D eigenvalue weighted by molar-refractivity contribution is 6.03. The first-order chi connectivity index (χ1) is 12.9. The molecule has 136 valence electrons. The van der Waals surface area contributed by atoms with Crippen LogP contribution in [0.4, 0.5) is 4.39 Å². The molecule has 0 saturated heterocycles. The predicted molar refractivity (Wildman–Crippen MR) is 94.8 cm³/mol. The van der Waals surface area contributed by atoms with E-state index in [9.17, 15) is 14.4 Å². The number of carbonyl (C=O) groups is 1. The molecule has 0 aliphatic heterocycles. The number of Topliss-reactive ketones (excluding diaryl/α,β-unsaturated/α-hetero) is 1. The summed E-state index contributed by atoms with van der Waals surface area (Å²) in [6, 6.07) is 8.80. The highest BCUT2D eigenvalue weighted by Crippen LogP contribution is 2.48. The Kier molecular flexibility index (Phi) is 3.25.